The molecule has 1 saturated heterocycles. The maximum Gasteiger partial charge on any atom is 0.389 e. The number of carbonyl (C=O) groups excluding carboxylic acids is 1. The summed E-state index contributed by atoms with van der Waals surface area (Å²) < 4.78 is 44.5. The number of hydrogen-bond donors (Lipinski definition) is 1. The molecule has 0 radical (unpaired) electrons. The van der Waals surface area contributed by atoms with Crippen molar-refractivity contribution in [3.63, 3.8) is 0 Å². The van der Waals surface area contributed by atoms with E-state index in [9.17, 15) is 27.9 Å². The van der Waals surface area contributed by atoms with Crippen molar-refractivity contribution in [2.24, 2.45) is 5.41 Å². The molecule has 0 bridgehead atoms. The summed E-state index contributed by atoms with van der Waals surface area (Å²) >= 11 is 0. The molecule has 33 heavy (non-hydrogen) atoms. The first-order valence-electron chi connectivity index (χ1n) is 11.3. The Hall–Kier alpha value is -2.55. The predicted octanol–water partition coefficient (Wildman–Crippen LogP) is 3.88. The summed E-state index contributed by atoms with van der Waals surface area (Å²) in [5, 5.41) is 13.1. The first-order valence-corrected chi connectivity index (χ1v) is 11.3. The molecule has 1 aliphatic heterocycles. The first-order chi connectivity index (χ1) is 15.6. The van der Waals surface area contributed by atoms with Crippen LogP contribution in [0, 0.1) is 5.41 Å². The largest absolute Gasteiger partial charge is 0.497 e. The van der Waals surface area contributed by atoms with Crippen LogP contribution in [0.2, 0.25) is 0 Å². The van der Waals surface area contributed by atoms with Gasteiger partial charge >= 0.3 is 6.18 Å². The standard InChI is InChI=1S/C24H29F3N2O4/c1-33-18-5-4-17-7-12-29(21(31)19(17)14-18)16-23(32)11-13-28(15-22(23)8-2-3-9-22)20(30)6-10-24(25,26)27/h4-5,7,12,14,32H,2-3,6,8-11,13,15-16H2,1H3. The number of fused-ring (bicyclic) bond motifs is 1. The van der Waals surface area contributed by atoms with Crippen molar-refractivity contribution < 1.29 is 27.8 Å². The average molecular weight is 467 g/mol. The Kier molecular flexibility index (Phi) is 6.20. The number of benzene rings is 1. The third-order valence-corrected chi connectivity index (χ3v) is 7.43. The Morgan fingerprint density at radius 3 is 2.58 bits per heavy atom. The number of ether oxygens (including phenoxy) is 1. The fraction of sp³-hybridized carbons (Fsp3) is 0.583. The number of pyridine rings is 1. The van der Waals surface area contributed by atoms with Crippen molar-refractivity contribution in [1.29, 1.82) is 0 Å². The highest BCUT2D eigenvalue weighted by atomic mass is 19.4. The van der Waals surface area contributed by atoms with Gasteiger partial charge in [0, 0.05) is 31.1 Å². The molecule has 1 atom stereocenters. The number of hydrogen-bond acceptors (Lipinski definition) is 4. The highest BCUT2D eigenvalue weighted by Crippen LogP contribution is 2.51. The Balaban J connectivity index is 1.59. The molecule has 2 aliphatic rings. The lowest BCUT2D eigenvalue weighted by Crippen LogP contribution is -2.62. The maximum absolute atomic E-state index is 13.2. The van der Waals surface area contributed by atoms with Crippen LogP contribution in [-0.2, 0) is 11.3 Å². The Morgan fingerprint density at radius 1 is 1.18 bits per heavy atom. The van der Waals surface area contributed by atoms with Crippen molar-refractivity contribution in [3.8, 4) is 5.75 Å². The van der Waals surface area contributed by atoms with Gasteiger partial charge in [-0.3, -0.25) is 9.59 Å². The molecular weight excluding hydrogens is 437 g/mol. The highest BCUT2D eigenvalue weighted by Gasteiger charge is 2.55. The zero-order valence-corrected chi connectivity index (χ0v) is 18.7. The molecule has 1 aromatic heterocycles. The Morgan fingerprint density at radius 2 is 1.91 bits per heavy atom. The minimum atomic E-state index is -4.38. The van der Waals surface area contributed by atoms with Crippen LogP contribution in [-0.4, -0.2) is 52.5 Å². The normalized spacial score (nSPS) is 22.8. The number of likely N-dealkylation sites (tertiary alicyclic amines) is 1. The monoisotopic (exact) mass is 466 g/mol. The molecule has 1 saturated carbocycles. The zero-order chi connectivity index (χ0) is 23.9. The van der Waals surface area contributed by atoms with Gasteiger partial charge in [-0.15, -0.1) is 0 Å². The van der Waals surface area contributed by atoms with Gasteiger partial charge in [-0.25, -0.2) is 0 Å². The predicted molar refractivity (Wildman–Crippen MR) is 117 cm³/mol. The van der Waals surface area contributed by atoms with E-state index in [0.29, 0.717) is 24.0 Å². The van der Waals surface area contributed by atoms with Crippen molar-refractivity contribution in [2.75, 3.05) is 20.2 Å². The molecule has 1 N–H and O–H groups in total. The lowest BCUT2D eigenvalue weighted by atomic mass is 9.65. The third kappa shape index (κ3) is 4.60. The van der Waals surface area contributed by atoms with E-state index < -0.39 is 35.9 Å². The number of alkyl halides is 3. The summed E-state index contributed by atoms with van der Waals surface area (Å²) in [6.07, 6.45) is -1.14. The average Bonchev–Trinajstić information content (AvgIpc) is 3.25. The molecular formula is C24H29F3N2O4. The van der Waals surface area contributed by atoms with E-state index in [2.05, 4.69) is 0 Å². The second kappa shape index (κ2) is 8.66. The second-order valence-electron chi connectivity index (χ2n) is 9.40. The molecule has 1 unspecified atom stereocenters. The fourth-order valence-electron chi connectivity index (χ4n) is 5.51. The van der Waals surface area contributed by atoms with Gasteiger partial charge in [-0.1, -0.05) is 18.9 Å². The summed E-state index contributed by atoms with van der Waals surface area (Å²) in [5.41, 5.74) is -2.11. The molecule has 2 fully saturated rings. The number of amides is 1. The molecule has 4 rings (SSSR count). The molecule has 6 nitrogen and oxygen atoms in total. The van der Waals surface area contributed by atoms with Crippen molar-refractivity contribution in [1.82, 2.24) is 9.47 Å². The molecule has 1 spiro atoms. The molecule has 1 aliphatic carbocycles. The van der Waals surface area contributed by atoms with Crippen molar-refractivity contribution >= 4 is 16.7 Å². The van der Waals surface area contributed by atoms with E-state index in [1.807, 2.05) is 6.07 Å². The first kappa shape index (κ1) is 23.6. The van der Waals surface area contributed by atoms with Gasteiger partial charge in [-0.2, -0.15) is 13.2 Å². The van der Waals surface area contributed by atoms with E-state index in [1.165, 1.54) is 16.6 Å². The van der Waals surface area contributed by atoms with Crippen molar-refractivity contribution in [2.45, 2.75) is 63.3 Å². The number of carbonyl (C=O) groups is 1. The van der Waals surface area contributed by atoms with E-state index in [4.69, 9.17) is 4.74 Å². The van der Waals surface area contributed by atoms with Gasteiger partial charge in [0.05, 0.1) is 31.1 Å². The number of rotatable bonds is 5. The molecule has 2 heterocycles. The maximum atomic E-state index is 13.2. The minimum Gasteiger partial charge on any atom is -0.497 e. The van der Waals surface area contributed by atoms with Crippen LogP contribution in [0.15, 0.2) is 35.3 Å². The van der Waals surface area contributed by atoms with Gasteiger partial charge in [0.2, 0.25) is 5.91 Å². The lowest BCUT2D eigenvalue weighted by molar-refractivity contribution is -0.166. The molecule has 1 aromatic carbocycles. The number of halogens is 3. The lowest BCUT2D eigenvalue weighted by Gasteiger charge is -2.52. The number of aliphatic hydroxyl groups is 1. The van der Waals surface area contributed by atoms with Crippen LogP contribution < -0.4 is 10.3 Å². The van der Waals surface area contributed by atoms with Gasteiger partial charge in [0.1, 0.15) is 5.75 Å². The highest BCUT2D eigenvalue weighted by molar-refractivity contribution is 5.82. The summed E-state index contributed by atoms with van der Waals surface area (Å²) in [4.78, 5) is 27.2. The van der Waals surface area contributed by atoms with Gasteiger partial charge in [0.25, 0.3) is 5.56 Å². The number of piperidine rings is 1. The van der Waals surface area contributed by atoms with Crippen LogP contribution in [0.5, 0.6) is 5.75 Å². The quantitative estimate of drug-likeness (QED) is 0.726. The van der Waals surface area contributed by atoms with E-state index >= 15 is 0 Å². The second-order valence-corrected chi connectivity index (χ2v) is 9.40. The fourth-order valence-corrected chi connectivity index (χ4v) is 5.51. The van der Waals surface area contributed by atoms with E-state index in [1.54, 1.807) is 24.4 Å². The Labute approximate surface area is 189 Å². The summed E-state index contributed by atoms with van der Waals surface area (Å²) in [7, 11) is 1.53. The topological polar surface area (TPSA) is 71.8 Å². The van der Waals surface area contributed by atoms with Crippen LogP contribution in [0.1, 0.15) is 44.9 Å². The minimum absolute atomic E-state index is 0.0730. The van der Waals surface area contributed by atoms with Crippen LogP contribution in [0.4, 0.5) is 13.2 Å². The van der Waals surface area contributed by atoms with Gasteiger partial charge < -0.3 is 19.3 Å². The molecule has 2 aromatic rings. The Bertz CT molecular complexity index is 1090. The molecule has 180 valence electrons. The number of methoxy groups -OCH3 is 1. The summed E-state index contributed by atoms with van der Waals surface area (Å²) in [6.45, 7) is 0.463. The molecule has 9 heteroatoms. The van der Waals surface area contributed by atoms with Crippen LogP contribution >= 0.6 is 0 Å². The summed E-state index contributed by atoms with van der Waals surface area (Å²) in [5.74, 6) is 0.0321. The zero-order valence-electron chi connectivity index (χ0n) is 18.7. The third-order valence-electron chi connectivity index (χ3n) is 7.43. The number of nitrogens with zero attached hydrogens (tertiary/aromatic N) is 2. The van der Waals surface area contributed by atoms with E-state index in [0.717, 1.165) is 18.2 Å². The SMILES string of the molecule is COc1ccc2ccn(CC3(O)CCN(C(=O)CCC(F)(F)F)CC34CCCC4)c(=O)c2c1. The van der Waals surface area contributed by atoms with Crippen molar-refractivity contribution in [3.05, 3.63) is 40.8 Å². The smallest absolute Gasteiger partial charge is 0.389 e. The van der Waals surface area contributed by atoms with Gasteiger partial charge in [-0.05, 0) is 42.8 Å². The number of aromatic nitrogens is 1. The van der Waals surface area contributed by atoms with Crippen LogP contribution in [0.3, 0.4) is 0 Å². The van der Waals surface area contributed by atoms with Gasteiger partial charge in [0.15, 0.2) is 0 Å². The molecule has 1 amide bonds. The van der Waals surface area contributed by atoms with E-state index in [-0.39, 0.29) is 31.6 Å². The van der Waals surface area contributed by atoms with Crippen LogP contribution in [0.25, 0.3) is 10.8 Å². The summed E-state index contributed by atoms with van der Waals surface area (Å²) in [6, 6.07) is 7.07.